The van der Waals surface area contributed by atoms with Crippen molar-refractivity contribution >= 4 is 0 Å². The van der Waals surface area contributed by atoms with Crippen molar-refractivity contribution < 1.29 is 4.74 Å². The van der Waals surface area contributed by atoms with Gasteiger partial charge in [-0.15, -0.1) is 0 Å². The maximum absolute atomic E-state index is 5.73. The molecule has 1 aromatic carbocycles. The molecule has 3 rings (SSSR count). The Morgan fingerprint density at radius 3 is 2.82 bits per heavy atom. The van der Waals surface area contributed by atoms with Gasteiger partial charge in [0.25, 0.3) is 0 Å². The molecule has 1 aliphatic heterocycles. The van der Waals surface area contributed by atoms with Crippen LogP contribution in [0.25, 0.3) is 0 Å². The minimum Gasteiger partial charge on any atom is -0.491 e. The Morgan fingerprint density at radius 2 is 2.14 bits per heavy atom. The summed E-state index contributed by atoms with van der Waals surface area (Å²) in [6.07, 6.45) is 3.85. The average molecular weight is 300 g/mol. The molecule has 2 N–H and O–H groups in total. The Morgan fingerprint density at radius 1 is 1.32 bits per heavy atom. The van der Waals surface area contributed by atoms with Gasteiger partial charge >= 0.3 is 0 Å². The van der Waals surface area contributed by atoms with Gasteiger partial charge in [0.05, 0.1) is 12.4 Å². The third-order valence-electron chi connectivity index (χ3n) is 3.92. The summed E-state index contributed by atoms with van der Waals surface area (Å²) in [6.45, 7) is 8.03. The molecule has 0 aliphatic carbocycles. The van der Waals surface area contributed by atoms with Crippen molar-refractivity contribution in [1.82, 2.24) is 20.2 Å². The van der Waals surface area contributed by atoms with Crippen LogP contribution in [0.3, 0.4) is 0 Å². The quantitative estimate of drug-likeness (QED) is 0.890. The van der Waals surface area contributed by atoms with E-state index in [1.807, 2.05) is 20.0 Å². The third kappa shape index (κ3) is 3.67. The van der Waals surface area contributed by atoms with Gasteiger partial charge in [-0.1, -0.05) is 12.1 Å². The summed E-state index contributed by atoms with van der Waals surface area (Å²) >= 11 is 0. The van der Waals surface area contributed by atoms with Crippen LogP contribution in [-0.2, 0) is 6.54 Å². The summed E-state index contributed by atoms with van der Waals surface area (Å²) in [5.74, 6) is 0.933. The monoisotopic (exact) mass is 300 g/mol. The molecule has 0 radical (unpaired) electrons. The van der Waals surface area contributed by atoms with E-state index in [1.165, 1.54) is 5.56 Å². The molecule has 1 aromatic heterocycles. The van der Waals surface area contributed by atoms with Crippen molar-refractivity contribution in [3.63, 3.8) is 0 Å². The van der Waals surface area contributed by atoms with Gasteiger partial charge in [0.1, 0.15) is 5.75 Å². The predicted octanol–water partition coefficient (Wildman–Crippen LogP) is 2.34. The maximum atomic E-state index is 5.73. The van der Waals surface area contributed by atoms with Gasteiger partial charge in [0.15, 0.2) is 0 Å². The number of hydrogen-bond acceptors (Lipinski definition) is 4. The van der Waals surface area contributed by atoms with Gasteiger partial charge in [-0.3, -0.25) is 4.90 Å². The van der Waals surface area contributed by atoms with Crippen LogP contribution in [0.2, 0.25) is 0 Å². The van der Waals surface area contributed by atoms with E-state index in [4.69, 9.17) is 4.74 Å². The molecule has 1 saturated heterocycles. The fourth-order valence-corrected chi connectivity index (χ4v) is 2.89. The highest BCUT2D eigenvalue weighted by atomic mass is 16.5. The van der Waals surface area contributed by atoms with E-state index in [0.29, 0.717) is 6.04 Å². The Hall–Kier alpha value is -1.85. The number of aromatic amines is 1. The van der Waals surface area contributed by atoms with E-state index in [1.54, 1.807) is 6.33 Å². The van der Waals surface area contributed by atoms with Crippen LogP contribution >= 0.6 is 0 Å². The van der Waals surface area contributed by atoms with Crippen molar-refractivity contribution in [2.24, 2.45) is 0 Å². The molecule has 0 bridgehead atoms. The topological polar surface area (TPSA) is 53.2 Å². The number of imidazole rings is 1. The number of aromatic nitrogens is 2. The number of hydrogen-bond donors (Lipinski definition) is 2. The minimum atomic E-state index is 0.207. The molecular weight excluding hydrogens is 276 g/mol. The average Bonchev–Trinajstić information content (AvgIpc) is 3.01. The van der Waals surface area contributed by atoms with Crippen molar-refractivity contribution in [3.05, 3.63) is 48.0 Å². The van der Waals surface area contributed by atoms with Crippen molar-refractivity contribution in [2.45, 2.75) is 32.5 Å². The second-order valence-electron chi connectivity index (χ2n) is 6.00. The lowest BCUT2D eigenvalue weighted by atomic mass is 10.0. The molecule has 5 heteroatoms. The summed E-state index contributed by atoms with van der Waals surface area (Å²) in [7, 11) is 0. The van der Waals surface area contributed by atoms with E-state index in [0.717, 1.165) is 37.6 Å². The zero-order valence-electron chi connectivity index (χ0n) is 13.2. The lowest BCUT2D eigenvalue weighted by molar-refractivity contribution is 0.152. The fraction of sp³-hybridized carbons (Fsp3) is 0.471. The molecular formula is C17H24N4O. The molecule has 5 nitrogen and oxygen atoms in total. The molecule has 1 atom stereocenters. The van der Waals surface area contributed by atoms with Gasteiger partial charge in [0, 0.05) is 44.1 Å². The standard InChI is InChI=1S/C17H24N4O/c1-13(2)22-16-5-3-14(4-6-16)17-10-18-7-8-21(17)11-15-9-19-12-20-15/h3-6,9,12-13,17-18H,7-8,10-11H2,1-2H3,(H,19,20). The summed E-state index contributed by atoms with van der Waals surface area (Å²) in [5.41, 5.74) is 2.48. The smallest absolute Gasteiger partial charge is 0.119 e. The Kier molecular flexibility index (Phi) is 4.75. The predicted molar refractivity (Wildman–Crippen MR) is 86.8 cm³/mol. The summed E-state index contributed by atoms with van der Waals surface area (Å²) in [5, 5.41) is 3.49. The molecule has 1 fully saturated rings. The largest absolute Gasteiger partial charge is 0.491 e. The number of ether oxygens (including phenoxy) is 1. The SMILES string of the molecule is CC(C)Oc1ccc(C2CNCCN2Cc2cnc[nH]2)cc1. The minimum absolute atomic E-state index is 0.207. The van der Waals surface area contributed by atoms with Crippen LogP contribution in [-0.4, -0.2) is 40.6 Å². The van der Waals surface area contributed by atoms with E-state index < -0.39 is 0 Å². The zero-order valence-corrected chi connectivity index (χ0v) is 13.2. The number of H-pyrrole nitrogens is 1. The van der Waals surface area contributed by atoms with Gasteiger partial charge in [0.2, 0.25) is 0 Å². The summed E-state index contributed by atoms with van der Waals surface area (Å²) in [6, 6.07) is 8.87. The fourth-order valence-electron chi connectivity index (χ4n) is 2.89. The van der Waals surface area contributed by atoms with E-state index in [-0.39, 0.29) is 6.10 Å². The second kappa shape index (κ2) is 6.94. The van der Waals surface area contributed by atoms with Gasteiger partial charge in [-0.05, 0) is 31.5 Å². The number of piperazine rings is 1. The molecule has 2 aromatic rings. The molecule has 118 valence electrons. The van der Waals surface area contributed by atoms with Gasteiger partial charge in [-0.25, -0.2) is 4.98 Å². The number of nitrogens with zero attached hydrogens (tertiary/aromatic N) is 2. The lowest BCUT2D eigenvalue weighted by Crippen LogP contribution is -2.45. The summed E-state index contributed by atoms with van der Waals surface area (Å²) in [4.78, 5) is 9.79. The first-order valence-electron chi connectivity index (χ1n) is 7.91. The molecule has 0 saturated carbocycles. The molecule has 0 spiro atoms. The summed E-state index contributed by atoms with van der Waals surface area (Å²) < 4.78 is 5.73. The maximum Gasteiger partial charge on any atom is 0.119 e. The van der Waals surface area contributed by atoms with Gasteiger partial charge < -0.3 is 15.0 Å². The molecule has 22 heavy (non-hydrogen) atoms. The van der Waals surface area contributed by atoms with E-state index in [9.17, 15) is 0 Å². The van der Waals surface area contributed by atoms with Crippen molar-refractivity contribution in [1.29, 1.82) is 0 Å². The number of rotatable bonds is 5. The Labute approximate surface area is 131 Å². The highest BCUT2D eigenvalue weighted by molar-refractivity contribution is 5.30. The van der Waals surface area contributed by atoms with Crippen LogP contribution in [0.15, 0.2) is 36.8 Å². The lowest BCUT2D eigenvalue weighted by Gasteiger charge is -2.36. The molecule has 1 aliphatic rings. The second-order valence-corrected chi connectivity index (χ2v) is 6.00. The Bertz CT molecular complexity index is 565. The van der Waals surface area contributed by atoms with E-state index >= 15 is 0 Å². The molecule has 0 amide bonds. The number of benzene rings is 1. The third-order valence-corrected chi connectivity index (χ3v) is 3.92. The number of nitrogens with one attached hydrogen (secondary N) is 2. The van der Waals surface area contributed by atoms with Crippen LogP contribution in [0.1, 0.15) is 31.1 Å². The van der Waals surface area contributed by atoms with Crippen LogP contribution < -0.4 is 10.1 Å². The van der Waals surface area contributed by atoms with Crippen LogP contribution in [0, 0.1) is 0 Å². The molecule has 2 heterocycles. The first kappa shape index (κ1) is 15.1. The van der Waals surface area contributed by atoms with Crippen LogP contribution in [0.4, 0.5) is 0 Å². The highest BCUT2D eigenvalue weighted by Crippen LogP contribution is 2.25. The molecule has 1 unspecified atom stereocenters. The van der Waals surface area contributed by atoms with Crippen molar-refractivity contribution in [2.75, 3.05) is 19.6 Å². The van der Waals surface area contributed by atoms with Gasteiger partial charge in [-0.2, -0.15) is 0 Å². The van der Waals surface area contributed by atoms with Crippen LogP contribution in [0.5, 0.6) is 5.75 Å². The normalized spacial score (nSPS) is 19.5. The first-order chi connectivity index (χ1) is 10.7. The van der Waals surface area contributed by atoms with Crippen molar-refractivity contribution in [3.8, 4) is 5.75 Å². The zero-order chi connectivity index (χ0) is 15.4. The highest BCUT2D eigenvalue weighted by Gasteiger charge is 2.24. The first-order valence-corrected chi connectivity index (χ1v) is 7.91. The Balaban J connectivity index is 1.72. The van der Waals surface area contributed by atoms with E-state index in [2.05, 4.69) is 44.5 Å².